The Balaban J connectivity index is 1.97. The van der Waals surface area contributed by atoms with Crippen molar-refractivity contribution >= 4 is 22.5 Å². The van der Waals surface area contributed by atoms with Gasteiger partial charge in [0.2, 0.25) is 0 Å². The first-order valence-corrected chi connectivity index (χ1v) is 9.61. The molecule has 0 saturated heterocycles. The fourth-order valence-corrected chi connectivity index (χ4v) is 3.78. The Morgan fingerprint density at radius 2 is 2.00 bits per heavy atom. The fraction of sp³-hybridized carbons (Fsp3) is 0.364. The molecule has 2 atom stereocenters. The van der Waals surface area contributed by atoms with Gasteiger partial charge in [0.15, 0.2) is 5.82 Å². The number of pyridine rings is 1. The topological polar surface area (TPSA) is 80.1 Å². The maximum Gasteiger partial charge on any atom is 0.276 e. The summed E-state index contributed by atoms with van der Waals surface area (Å²) in [7, 11) is 5.68. The minimum absolute atomic E-state index is 0.0275. The number of carbonyl (C=O) groups excluding carboxylic acids is 1. The summed E-state index contributed by atoms with van der Waals surface area (Å²) in [6.07, 6.45) is 2.08. The number of aryl methyl sites for hydroxylation is 1. The molecule has 152 valence electrons. The summed E-state index contributed by atoms with van der Waals surface area (Å²) in [5.41, 5.74) is 2.50. The van der Waals surface area contributed by atoms with Gasteiger partial charge in [-0.3, -0.25) is 14.6 Å². The fourth-order valence-electron chi connectivity index (χ4n) is 3.78. The zero-order valence-electron chi connectivity index (χ0n) is 17.5. The van der Waals surface area contributed by atoms with E-state index in [2.05, 4.69) is 39.4 Å². The number of hydrogen-bond acceptors (Lipinski definition) is 6. The van der Waals surface area contributed by atoms with Crippen LogP contribution in [0, 0.1) is 0 Å². The summed E-state index contributed by atoms with van der Waals surface area (Å²) >= 11 is 0. The summed E-state index contributed by atoms with van der Waals surface area (Å²) in [4.78, 5) is 30.4. The molecule has 29 heavy (non-hydrogen) atoms. The van der Waals surface area contributed by atoms with Crippen LogP contribution in [0.3, 0.4) is 0 Å². The molecule has 0 saturated carbocycles. The first-order valence-electron chi connectivity index (χ1n) is 9.61. The van der Waals surface area contributed by atoms with Crippen molar-refractivity contribution in [2.45, 2.75) is 32.4 Å². The van der Waals surface area contributed by atoms with Gasteiger partial charge in [-0.1, -0.05) is 24.3 Å². The molecule has 2 heterocycles. The monoisotopic (exact) mass is 393 g/mol. The molecule has 3 rings (SSSR count). The summed E-state index contributed by atoms with van der Waals surface area (Å²) in [5.74, 6) is 0.712. The Morgan fingerprint density at radius 1 is 1.24 bits per heavy atom. The molecule has 0 amide bonds. The lowest BCUT2D eigenvalue weighted by atomic mass is 9.96. The Kier molecular flexibility index (Phi) is 6.08. The molecular formula is C22H27N5O2. The van der Waals surface area contributed by atoms with Crippen LogP contribution >= 0.6 is 0 Å². The van der Waals surface area contributed by atoms with Gasteiger partial charge in [-0.2, -0.15) is 5.10 Å². The normalized spacial score (nSPS) is 13.4. The van der Waals surface area contributed by atoms with Crippen molar-refractivity contribution in [3.8, 4) is 0 Å². The van der Waals surface area contributed by atoms with Gasteiger partial charge in [-0.25, -0.2) is 4.68 Å². The van der Waals surface area contributed by atoms with E-state index in [0.29, 0.717) is 23.1 Å². The summed E-state index contributed by atoms with van der Waals surface area (Å²) in [5, 5.41) is 8.38. The molecule has 2 aromatic heterocycles. The van der Waals surface area contributed by atoms with Gasteiger partial charge in [0.25, 0.3) is 5.56 Å². The molecule has 0 unspecified atom stereocenters. The average molecular weight is 393 g/mol. The highest BCUT2D eigenvalue weighted by Gasteiger charge is 2.23. The number of carbonyl (C=O) groups is 1. The molecule has 7 nitrogen and oxygen atoms in total. The number of ketones is 1. The van der Waals surface area contributed by atoms with Crippen molar-refractivity contribution in [2.75, 3.05) is 19.4 Å². The third-order valence-corrected chi connectivity index (χ3v) is 4.95. The Bertz CT molecular complexity index is 1090. The number of nitrogens with zero attached hydrogens (tertiary/aromatic N) is 4. The van der Waals surface area contributed by atoms with Gasteiger partial charge >= 0.3 is 0 Å². The number of rotatable bonds is 7. The number of benzene rings is 1. The van der Waals surface area contributed by atoms with Crippen molar-refractivity contribution in [3.63, 3.8) is 0 Å². The molecular weight excluding hydrogens is 366 g/mol. The van der Waals surface area contributed by atoms with Crippen molar-refractivity contribution in [3.05, 3.63) is 64.1 Å². The molecule has 0 aliphatic rings. The van der Waals surface area contributed by atoms with E-state index < -0.39 is 0 Å². The van der Waals surface area contributed by atoms with Gasteiger partial charge in [-0.05, 0) is 51.2 Å². The van der Waals surface area contributed by atoms with Crippen LogP contribution in [0.1, 0.15) is 31.0 Å². The lowest BCUT2D eigenvalue weighted by Gasteiger charge is -2.32. The van der Waals surface area contributed by atoms with E-state index in [0.717, 1.165) is 11.1 Å². The Labute approximate surface area is 170 Å². The Morgan fingerprint density at radius 3 is 2.69 bits per heavy atom. The maximum absolute atomic E-state index is 12.4. The highest BCUT2D eigenvalue weighted by molar-refractivity contribution is 5.87. The molecule has 0 radical (unpaired) electrons. The van der Waals surface area contributed by atoms with Gasteiger partial charge in [0.05, 0.1) is 11.4 Å². The molecule has 3 aromatic rings. The van der Waals surface area contributed by atoms with Crippen molar-refractivity contribution in [2.24, 2.45) is 7.05 Å². The molecule has 0 bridgehead atoms. The van der Waals surface area contributed by atoms with E-state index in [1.54, 1.807) is 32.3 Å². The largest absolute Gasteiger partial charge is 0.362 e. The van der Waals surface area contributed by atoms with E-state index >= 15 is 0 Å². The summed E-state index contributed by atoms with van der Waals surface area (Å²) in [6.45, 7) is 3.67. The van der Waals surface area contributed by atoms with Crippen LogP contribution in [0.2, 0.25) is 0 Å². The quantitative estimate of drug-likeness (QED) is 0.665. The number of fused-ring (bicyclic) bond motifs is 1. The number of hydrogen-bond donors (Lipinski definition) is 1. The smallest absolute Gasteiger partial charge is 0.276 e. The summed E-state index contributed by atoms with van der Waals surface area (Å²) in [6, 6.07) is 11.6. The van der Waals surface area contributed by atoms with Gasteiger partial charge in [0, 0.05) is 25.7 Å². The van der Waals surface area contributed by atoms with Crippen LogP contribution in [0.25, 0.3) is 10.9 Å². The predicted octanol–water partition coefficient (Wildman–Crippen LogP) is 2.56. The second-order valence-electron chi connectivity index (χ2n) is 7.64. The predicted molar refractivity (Wildman–Crippen MR) is 115 cm³/mol. The number of nitrogens with one attached hydrogen (secondary N) is 1. The van der Waals surface area contributed by atoms with Crippen molar-refractivity contribution in [1.82, 2.24) is 19.7 Å². The second-order valence-corrected chi connectivity index (χ2v) is 7.64. The van der Waals surface area contributed by atoms with Crippen LogP contribution < -0.4 is 10.9 Å². The van der Waals surface area contributed by atoms with E-state index in [4.69, 9.17) is 0 Å². The number of aromatic nitrogens is 3. The summed E-state index contributed by atoms with van der Waals surface area (Å²) < 4.78 is 1.33. The lowest BCUT2D eigenvalue weighted by molar-refractivity contribution is -0.116. The zero-order chi connectivity index (χ0) is 21.1. The molecule has 0 fully saturated rings. The average Bonchev–Trinajstić information content (AvgIpc) is 2.65. The molecule has 0 aliphatic carbocycles. The number of anilines is 1. The number of Topliss-reactive ketones (excluding diaryl/α,β-unsaturated/α-hetero) is 1. The highest BCUT2D eigenvalue weighted by atomic mass is 16.1. The van der Waals surface area contributed by atoms with E-state index in [-0.39, 0.29) is 23.4 Å². The van der Waals surface area contributed by atoms with Crippen molar-refractivity contribution in [1.29, 1.82) is 0 Å². The minimum atomic E-state index is -0.174. The van der Waals surface area contributed by atoms with Crippen LogP contribution in [0.5, 0.6) is 0 Å². The van der Waals surface area contributed by atoms with Gasteiger partial charge in [0.1, 0.15) is 11.3 Å². The van der Waals surface area contributed by atoms with E-state index in [1.807, 2.05) is 26.2 Å². The molecule has 1 aromatic carbocycles. The van der Waals surface area contributed by atoms with E-state index in [1.165, 1.54) is 4.68 Å². The van der Waals surface area contributed by atoms with Crippen LogP contribution in [-0.4, -0.2) is 45.6 Å². The third-order valence-electron chi connectivity index (χ3n) is 4.95. The molecule has 0 spiro atoms. The van der Waals surface area contributed by atoms with Crippen LogP contribution in [0.15, 0.2) is 47.4 Å². The minimum Gasteiger partial charge on any atom is -0.362 e. The first-order chi connectivity index (χ1) is 13.8. The third kappa shape index (κ3) is 4.51. The Hall–Kier alpha value is -3.06. The van der Waals surface area contributed by atoms with Gasteiger partial charge < -0.3 is 10.2 Å². The van der Waals surface area contributed by atoms with Gasteiger partial charge in [-0.15, -0.1) is 0 Å². The molecule has 1 N–H and O–H groups in total. The van der Waals surface area contributed by atoms with Crippen LogP contribution in [-0.2, 0) is 18.3 Å². The molecule has 0 aliphatic heterocycles. The SMILES string of the molecule is CC(=O)Cc1cccc([C@@H]([C@H](C)Nc2nn(C)c(=O)c3cccnc23)N(C)C)c1. The maximum atomic E-state index is 12.4. The molecule has 7 heteroatoms. The standard InChI is InChI=1S/C22H27N5O2/c1-14(28)12-16-8-6-9-17(13-16)20(26(3)4)15(2)24-21-19-18(10-7-11-23-19)22(29)27(5)25-21/h6-11,13,15,20H,12H2,1-5H3,(H,24,25)/t15-,20+/m0/s1. The highest BCUT2D eigenvalue weighted by Crippen LogP contribution is 2.26. The second kappa shape index (κ2) is 8.53. The van der Waals surface area contributed by atoms with E-state index in [9.17, 15) is 9.59 Å². The van der Waals surface area contributed by atoms with Crippen molar-refractivity contribution < 1.29 is 4.79 Å². The van der Waals surface area contributed by atoms with Crippen LogP contribution in [0.4, 0.5) is 5.82 Å². The lowest BCUT2D eigenvalue weighted by Crippen LogP contribution is -2.35. The first kappa shape index (κ1) is 20.7. The number of likely N-dealkylation sites (N-methyl/N-ethyl adjacent to an activating group) is 1. The zero-order valence-corrected chi connectivity index (χ0v) is 17.5.